The van der Waals surface area contributed by atoms with Crippen molar-refractivity contribution in [2.75, 3.05) is 6.61 Å². The Balaban J connectivity index is -0.000000500. The number of hydrogen-bond acceptors (Lipinski definition) is 4. The molecule has 0 aromatic heterocycles. The Hall–Kier alpha value is 0.450. The fourth-order valence-electron chi connectivity index (χ4n) is 0.442. The summed E-state index contributed by atoms with van der Waals surface area (Å²) in [7, 11) is -3.66. The predicted molar refractivity (Wildman–Crippen MR) is 42.7 cm³/mol. The average molecular weight is 204 g/mol. The Labute approximate surface area is 96.5 Å². The van der Waals surface area contributed by atoms with E-state index in [4.69, 9.17) is 5.11 Å². The molecule has 0 aliphatic rings. The van der Waals surface area contributed by atoms with E-state index in [-0.39, 0.29) is 43.3 Å². The third-order valence-corrected chi connectivity index (χ3v) is 1.89. The van der Waals surface area contributed by atoms with Crippen molar-refractivity contribution >= 4 is 10.1 Å². The Morgan fingerprint density at radius 1 is 1.67 bits per heavy atom. The first-order valence-electron chi connectivity index (χ1n) is 3.24. The van der Waals surface area contributed by atoms with Crippen LogP contribution >= 0.6 is 0 Å². The van der Waals surface area contributed by atoms with Crippen LogP contribution in [0.4, 0.5) is 0 Å². The molecule has 0 unspecified atom stereocenters. The fraction of sp³-hybridized carbons (Fsp3) is 0.667. The zero-order valence-electron chi connectivity index (χ0n) is 8.57. The summed E-state index contributed by atoms with van der Waals surface area (Å²) >= 11 is 0. The van der Waals surface area contributed by atoms with Gasteiger partial charge in [0.1, 0.15) is 5.76 Å². The second-order valence-corrected chi connectivity index (χ2v) is 3.53. The van der Waals surface area contributed by atoms with E-state index in [0.717, 1.165) is 0 Å². The van der Waals surface area contributed by atoms with E-state index in [2.05, 4.69) is 4.18 Å². The number of aliphatic hydroxyl groups is 1. The van der Waals surface area contributed by atoms with E-state index in [0.29, 0.717) is 11.8 Å². The van der Waals surface area contributed by atoms with Crippen molar-refractivity contribution in [2.45, 2.75) is 20.3 Å². The monoisotopic (exact) mass is 204 g/mol. The molecule has 0 fully saturated rings. The van der Waals surface area contributed by atoms with Gasteiger partial charge in [0, 0.05) is 0 Å². The molecular weight excluding hydrogens is 191 g/mol. The molecule has 0 atom stereocenters. The predicted octanol–water partition coefficient (Wildman–Crippen LogP) is -1.72. The summed E-state index contributed by atoms with van der Waals surface area (Å²) in [4.78, 5) is 0. The third kappa shape index (κ3) is 8.55. The standard InChI is InChI=1S/C6H12O4S.Na.H/c1-3-4-10-11(8,9)5-6(2)7;;/h5,7H,3-4H2,1-2H3;;/q;+1;-1. The van der Waals surface area contributed by atoms with Gasteiger partial charge in [-0.2, -0.15) is 8.42 Å². The van der Waals surface area contributed by atoms with E-state index in [1.54, 1.807) is 6.92 Å². The second kappa shape index (κ2) is 6.91. The van der Waals surface area contributed by atoms with Crippen molar-refractivity contribution in [3.8, 4) is 0 Å². The van der Waals surface area contributed by atoms with Gasteiger partial charge in [-0.25, -0.2) is 0 Å². The van der Waals surface area contributed by atoms with Gasteiger partial charge in [0.2, 0.25) is 0 Å². The van der Waals surface area contributed by atoms with Gasteiger partial charge in [0.05, 0.1) is 12.0 Å². The minimum atomic E-state index is -3.66. The number of rotatable bonds is 4. The van der Waals surface area contributed by atoms with E-state index in [1.165, 1.54) is 6.92 Å². The van der Waals surface area contributed by atoms with Gasteiger partial charge in [-0.15, -0.1) is 0 Å². The Morgan fingerprint density at radius 2 is 2.17 bits per heavy atom. The topological polar surface area (TPSA) is 63.6 Å². The molecule has 0 bridgehead atoms. The average Bonchev–Trinajstić information content (AvgIpc) is 1.81. The molecule has 0 amide bonds. The molecule has 0 spiro atoms. The number of aliphatic hydroxyl groups excluding tert-OH is 1. The summed E-state index contributed by atoms with van der Waals surface area (Å²) in [5, 5.41) is 9.27. The molecule has 4 nitrogen and oxygen atoms in total. The molecule has 1 N–H and O–H groups in total. The molecule has 0 aromatic rings. The molecule has 0 aliphatic carbocycles. The molecule has 12 heavy (non-hydrogen) atoms. The number of allylic oxidation sites excluding steroid dienone is 1. The molecule has 0 aliphatic heterocycles. The number of hydrogen-bond donors (Lipinski definition) is 1. The van der Waals surface area contributed by atoms with Crippen molar-refractivity contribution in [1.29, 1.82) is 0 Å². The minimum Gasteiger partial charge on any atom is -1.00 e. The fourth-order valence-corrected chi connectivity index (χ4v) is 1.33. The van der Waals surface area contributed by atoms with Crippen molar-refractivity contribution in [3.63, 3.8) is 0 Å². The smallest absolute Gasteiger partial charge is 1.00 e. The van der Waals surface area contributed by atoms with Crippen LogP contribution < -0.4 is 29.6 Å². The zero-order valence-corrected chi connectivity index (χ0v) is 10.4. The molecule has 0 saturated carbocycles. The molecule has 0 radical (unpaired) electrons. The first kappa shape index (κ1) is 14.9. The summed E-state index contributed by atoms with van der Waals surface area (Å²) in [6.45, 7) is 3.21. The van der Waals surface area contributed by atoms with Crippen LogP contribution in [0.3, 0.4) is 0 Å². The van der Waals surface area contributed by atoms with E-state index in [1.807, 2.05) is 0 Å². The van der Waals surface area contributed by atoms with Crippen molar-refractivity contribution in [1.82, 2.24) is 0 Å². The summed E-state index contributed by atoms with van der Waals surface area (Å²) in [6.07, 6.45) is 0.623. The molecule has 0 heterocycles. The zero-order chi connectivity index (χ0) is 8.91. The van der Waals surface area contributed by atoms with Crippen LogP contribution in [0.1, 0.15) is 21.7 Å². The minimum absolute atomic E-state index is 0. The summed E-state index contributed by atoms with van der Waals surface area (Å²) in [5.74, 6) is -0.277. The van der Waals surface area contributed by atoms with Crippen molar-refractivity contribution in [2.24, 2.45) is 0 Å². The third-order valence-electron chi connectivity index (χ3n) is 0.767. The van der Waals surface area contributed by atoms with Gasteiger partial charge in [0.15, 0.2) is 0 Å². The van der Waals surface area contributed by atoms with Crippen LogP contribution in [0.2, 0.25) is 0 Å². The Bertz CT molecular complexity index is 233. The van der Waals surface area contributed by atoms with Gasteiger partial charge in [0.25, 0.3) is 10.1 Å². The van der Waals surface area contributed by atoms with Crippen LogP contribution in [0.15, 0.2) is 11.2 Å². The van der Waals surface area contributed by atoms with Gasteiger partial charge < -0.3 is 6.53 Å². The molecule has 0 saturated heterocycles. The van der Waals surface area contributed by atoms with Gasteiger partial charge in [-0.05, 0) is 13.3 Å². The summed E-state index contributed by atoms with van der Waals surface area (Å²) in [6, 6.07) is 0. The van der Waals surface area contributed by atoms with Gasteiger partial charge in [-0.3, -0.25) is 4.18 Å². The normalized spacial score (nSPS) is 12.3. The Morgan fingerprint density at radius 3 is 2.50 bits per heavy atom. The molecule has 0 rings (SSSR count). The van der Waals surface area contributed by atoms with E-state index >= 15 is 0 Å². The summed E-state index contributed by atoms with van der Waals surface area (Å²) < 4.78 is 25.9. The summed E-state index contributed by atoms with van der Waals surface area (Å²) in [5.41, 5.74) is 0. The first-order valence-corrected chi connectivity index (χ1v) is 4.72. The Kier molecular flexibility index (Phi) is 8.61. The van der Waals surface area contributed by atoms with Gasteiger partial charge in [-0.1, -0.05) is 6.92 Å². The molecule has 6 heteroatoms. The maximum absolute atomic E-state index is 10.7. The first-order chi connectivity index (χ1) is 4.98. The van der Waals surface area contributed by atoms with Crippen LogP contribution in [-0.2, 0) is 14.3 Å². The SMILES string of the molecule is CCCOS(=O)(=O)C=C(C)O.[H-].[Na+]. The molecule has 68 valence electrons. The van der Waals surface area contributed by atoms with Crippen molar-refractivity contribution < 1.29 is 48.7 Å². The second-order valence-electron chi connectivity index (χ2n) is 2.07. The van der Waals surface area contributed by atoms with E-state index < -0.39 is 10.1 Å². The van der Waals surface area contributed by atoms with E-state index in [9.17, 15) is 8.42 Å². The van der Waals surface area contributed by atoms with Crippen LogP contribution in [0.5, 0.6) is 0 Å². The van der Waals surface area contributed by atoms with Crippen LogP contribution in [0, 0.1) is 0 Å². The largest absolute Gasteiger partial charge is 1.00 e. The molecular formula is C6H13NaO4S. The van der Waals surface area contributed by atoms with Gasteiger partial charge >= 0.3 is 29.6 Å². The molecule has 0 aromatic carbocycles. The van der Waals surface area contributed by atoms with Crippen molar-refractivity contribution in [3.05, 3.63) is 11.2 Å². The maximum Gasteiger partial charge on any atom is 1.00 e. The quantitative estimate of drug-likeness (QED) is 0.336. The van der Waals surface area contributed by atoms with Crippen LogP contribution in [0.25, 0.3) is 0 Å². The van der Waals surface area contributed by atoms with Crippen LogP contribution in [-0.4, -0.2) is 20.1 Å². The maximum atomic E-state index is 10.7.